The van der Waals surface area contributed by atoms with E-state index in [2.05, 4.69) is 52.1 Å². The lowest BCUT2D eigenvalue weighted by atomic mass is 10.1. The van der Waals surface area contributed by atoms with Crippen LogP contribution in [0.1, 0.15) is 40.2 Å². The molecule has 0 aliphatic heterocycles. The molecule has 0 spiro atoms. The molecule has 0 unspecified atom stereocenters. The number of hydrogen-bond donors (Lipinski definition) is 1. The van der Waals surface area contributed by atoms with Crippen LogP contribution < -0.4 is 5.32 Å². The second-order valence-electron chi connectivity index (χ2n) is 6.06. The molecule has 0 aromatic heterocycles. The van der Waals surface area contributed by atoms with E-state index in [4.69, 9.17) is 11.6 Å². The highest BCUT2D eigenvalue weighted by molar-refractivity contribution is 7.99. The minimum absolute atomic E-state index is 0.139. The molecule has 0 heterocycles. The molecule has 1 rings (SSSR count). The Hall–Kier alpha value is -0.180. The maximum Gasteiger partial charge on any atom is 0.0417 e. The predicted octanol–water partition coefficient (Wildman–Crippen LogP) is 4.98. The standard InChI is InChI=1S/C15H24ClNS/c1-11(2)10-18-14-8-13(16)7-6-12(14)9-17-15(3,4)5/h6-8,11,17H,9-10H2,1-5H3. The Labute approximate surface area is 121 Å². The maximum atomic E-state index is 6.09. The second-order valence-corrected chi connectivity index (χ2v) is 7.56. The van der Waals surface area contributed by atoms with Crippen molar-refractivity contribution in [3.05, 3.63) is 28.8 Å². The second kappa shape index (κ2) is 6.83. The molecule has 0 fully saturated rings. The molecule has 0 amide bonds. The van der Waals surface area contributed by atoms with Crippen molar-refractivity contribution >= 4 is 23.4 Å². The Kier molecular flexibility index (Phi) is 6.03. The molecule has 1 aromatic rings. The number of halogens is 1. The van der Waals surface area contributed by atoms with Crippen LogP contribution in [-0.4, -0.2) is 11.3 Å². The summed E-state index contributed by atoms with van der Waals surface area (Å²) in [4.78, 5) is 1.30. The number of hydrogen-bond acceptors (Lipinski definition) is 2. The van der Waals surface area contributed by atoms with Gasteiger partial charge < -0.3 is 5.32 Å². The summed E-state index contributed by atoms with van der Waals surface area (Å²) in [6, 6.07) is 6.18. The predicted molar refractivity (Wildman–Crippen MR) is 83.6 cm³/mol. The Morgan fingerprint density at radius 3 is 2.50 bits per heavy atom. The van der Waals surface area contributed by atoms with Crippen LogP contribution >= 0.6 is 23.4 Å². The van der Waals surface area contributed by atoms with E-state index in [0.717, 1.165) is 17.3 Å². The van der Waals surface area contributed by atoms with Gasteiger partial charge in [-0.05, 0) is 44.4 Å². The number of nitrogens with one attached hydrogen (secondary N) is 1. The van der Waals surface area contributed by atoms with Crippen molar-refractivity contribution in [3.8, 4) is 0 Å². The average molecular weight is 286 g/mol. The number of thioether (sulfide) groups is 1. The molecule has 102 valence electrons. The molecule has 0 saturated carbocycles. The molecule has 0 radical (unpaired) electrons. The Bertz CT molecular complexity index is 383. The lowest BCUT2D eigenvalue weighted by Gasteiger charge is -2.21. The van der Waals surface area contributed by atoms with Crippen LogP contribution in [0.5, 0.6) is 0 Å². The van der Waals surface area contributed by atoms with E-state index >= 15 is 0 Å². The van der Waals surface area contributed by atoms with Gasteiger partial charge >= 0.3 is 0 Å². The van der Waals surface area contributed by atoms with Crippen LogP contribution in [0.2, 0.25) is 5.02 Å². The van der Waals surface area contributed by atoms with Crippen molar-refractivity contribution < 1.29 is 0 Å². The summed E-state index contributed by atoms with van der Waals surface area (Å²) in [6.07, 6.45) is 0. The van der Waals surface area contributed by atoms with Gasteiger partial charge in [-0.3, -0.25) is 0 Å². The third-order valence-electron chi connectivity index (χ3n) is 2.41. The van der Waals surface area contributed by atoms with Gasteiger partial charge in [-0.15, -0.1) is 11.8 Å². The summed E-state index contributed by atoms with van der Waals surface area (Å²) in [5.74, 6) is 1.82. The average Bonchev–Trinajstić information content (AvgIpc) is 2.23. The number of benzene rings is 1. The highest BCUT2D eigenvalue weighted by atomic mass is 35.5. The van der Waals surface area contributed by atoms with E-state index in [-0.39, 0.29) is 5.54 Å². The van der Waals surface area contributed by atoms with Crippen molar-refractivity contribution in [2.75, 3.05) is 5.75 Å². The molecular formula is C15H24ClNS. The van der Waals surface area contributed by atoms with Gasteiger partial charge in [0.2, 0.25) is 0 Å². The lowest BCUT2D eigenvalue weighted by Crippen LogP contribution is -2.35. The van der Waals surface area contributed by atoms with Crippen molar-refractivity contribution in [3.63, 3.8) is 0 Å². The first-order valence-corrected chi connectivity index (χ1v) is 7.80. The molecule has 18 heavy (non-hydrogen) atoms. The zero-order valence-electron chi connectivity index (χ0n) is 12.0. The van der Waals surface area contributed by atoms with Gasteiger partial charge in [0.25, 0.3) is 0 Å². The van der Waals surface area contributed by atoms with E-state index in [0.29, 0.717) is 5.92 Å². The smallest absolute Gasteiger partial charge is 0.0417 e. The van der Waals surface area contributed by atoms with Crippen molar-refractivity contribution in [2.24, 2.45) is 5.92 Å². The first-order chi connectivity index (χ1) is 8.28. The van der Waals surface area contributed by atoms with Gasteiger partial charge in [-0.1, -0.05) is 31.5 Å². The van der Waals surface area contributed by atoms with E-state index in [1.54, 1.807) is 0 Å². The molecule has 1 N–H and O–H groups in total. The van der Waals surface area contributed by atoms with Crippen LogP contribution in [0.4, 0.5) is 0 Å². The third kappa shape index (κ3) is 6.12. The first kappa shape index (κ1) is 15.9. The van der Waals surface area contributed by atoms with E-state index in [1.807, 2.05) is 17.8 Å². The minimum atomic E-state index is 0.139. The molecule has 0 bridgehead atoms. The van der Waals surface area contributed by atoms with Gasteiger partial charge in [0.1, 0.15) is 0 Å². The largest absolute Gasteiger partial charge is 0.308 e. The fraction of sp³-hybridized carbons (Fsp3) is 0.600. The van der Waals surface area contributed by atoms with Crippen LogP contribution in [0.3, 0.4) is 0 Å². The SMILES string of the molecule is CC(C)CSc1cc(Cl)ccc1CNC(C)(C)C. The zero-order valence-corrected chi connectivity index (χ0v) is 13.6. The van der Waals surface area contributed by atoms with E-state index in [1.165, 1.54) is 10.5 Å². The molecule has 1 nitrogen and oxygen atoms in total. The van der Waals surface area contributed by atoms with Crippen molar-refractivity contribution in [1.29, 1.82) is 0 Å². The molecule has 3 heteroatoms. The first-order valence-electron chi connectivity index (χ1n) is 6.44. The van der Waals surface area contributed by atoms with Crippen LogP contribution in [-0.2, 0) is 6.54 Å². The summed E-state index contributed by atoms with van der Waals surface area (Å²) in [5, 5.41) is 4.35. The summed E-state index contributed by atoms with van der Waals surface area (Å²) in [7, 11) is 0. The van der Waals surface area contributed by atoms with Gasteiger partial charge in [0.15, 0.2) is 0 Å². The van der Waals surface area contributed by atoms with Crippen molar-refractivity contribution in [2.45, 2.75) is 51.6 Å². The summed E-state index contributed by atoms with van der Waals surface area (Å²) in [5.41, 5.74) is 1.47. The summed E-state index contributed by atoms with van der Waals surface area (Å²) < 4.78 is 0. The van der Waals surface area contributed by atoms with Gasteiger partial charge in [0, 0.05) is 27.8 Å². The Morgan fingerprint density at radius 2 is 1.94 bits per heavy atom. The summed E-state index contributed by atoms with van der Waals surface area (Å²) in [6.45, 7) is 11.9. The minimum Gasteiger partial charge on any atom is -0.308 e. The molecule has 0 saturated heterocycles. The zero-order chi connectivity index (χ0) is 13.8. The van der Waals surface area contributed by atoms with Gasteiger partial charge in [-0.25, -0.2) is 0 Å². The molecule has 0 aliphatic carbocycles. The fourth-order valence-electron chi connectivity index (χ4n) is 1.43. The number of rotatable bonds is 5. The highest BCUT2D eigenvalue weighted by Gasteiger charge is 2.11. The van der Waals surface area contributed by atoms with Crippen molar-refractivity contribution in [1.82, 2.24) is 5.32 Å². The van der Waals surface area contributed by atoms with Crippen LogP contribution in [0.25, 0.3) is 0 Å². The molecule has 0 aliphatic rings. The molecular weight excluding hydrogens is 262 g/mol. The normalized spacial score (nSPS) is 12.2. The van der Waals surface area contributed by atoms with Crippen LogP contribution in [0, 0.1) is 5.92 Å². The van der Waals surface area contributed by atoms with Gasteiger partial charge in [-0.2, -0.15) is 0 Å². The van der Waals surface area contributed by atoms with E-state index < -0.39 is 0 Å². The topological polar surface area (TPSA) is 12.0 Å². The van der Waals surface area contributed by atoms with Gasteiger partial charge in [0.05, 0.1) is 0 Å². The molecule has 0 atom stereocenters. The fourth-order valence-corrected chi connectivity index (χ4v) is 2.71. The monoisotopic (exact) mass is 285 g/mol. The van der Waals surface area contributed by atoms with Crippen LogP contribution in [0.15, 0.2) is 23.1 Å². The Morgan fingerprint density at radius 1 is 1.28 bits per heavy atom. The Balaban J connectivity index is 2.76. The third-order valence-corrected chi connectivity index (χ3v) is 4.17. The maximum absolute atomic E-state index is 6.09. The van der Waals surface area contributed by atoms with E-state index in [9.17, 15) is 0 Å². The summed E-state index contributed by atoms with van der Waals surface area (Å²) >= 11 is 7.98. The molecule has 1 aromatic carbocycles. The lowest BCUT2D eigenvalue weighted by molar-refractivity contribution is 0.422. The quantitative estimate of drug-likeness (QED) is 0.766. The highest BCUT2D eigenvalue weighted by Crippen LogP contribution is 2.28.